The van der Waals surface area contributed by atoms with Gasteiger partial charge in [0.05, 0.1) is 0 Å². The first-order valence-electron chi connectivity index (χ1n) is 4.76. The highest BCUT2D eigenvalue weighted by molar-refractivity contribution is 5.43. The Morgan fingerprint density at radius 1 is 1.46 bits per heavy atom. The molecule has 0 aliphatic heterocycles. The minimum atomic E-state index is 0.121. The first kappa shape index (κ1) is 8.57. The Bertz CT molecular complexity index is 333. The van der Waals surface area contributed by atoms with E-state index in [1.807, 2.05) is 13.0 Å². The van der Waals surface area contributed by atoms with E-state index in [2.05, 4.69) is 6.07 Å². The fraction of sp³-hybridized carbons (Fsp3) is 0.455. The Hall–Kier alpha value is -1.02. The molecule has 0 aromatic heterocycles. The first-order valence-corrected chi connectivity index (χ1v) is 4.76. The highest BCUT2D eigenvalue weighted by atomic mass is 16.3. The second kappa shape index (κ2) is 3.04. The predicted octanol–water partition coefficient (Wildman–Crippen LogP) is 2.04. The summed E-state index contributed by atoms with van der Waals surface area (Å²) in [6, 6.07) is 4.01. The summed E-state index contributed by atoms with van der Waals surface area (Å²) in [7, 11) is 0. The molecule has 0 amide bonds. The van der Waals surface area contributed by atoms with Gasteiger partial charge >= 0.3 is 0 Å². The van der Waals surface area contributed by atoms with E-state index in [4.69, 9.17) is 5.73 Å². The van der Waals surface area contributed by atoms with Gasteiger partial charge in [-0.1, -0.05) is 6.07 Å². The van der Waals surface area contributed by atoms with Gasteiger partial charge in [0.15, 0.2) is 0 Å². The van der Waals surface area contributed by atoms with E-state index < -0.39 is 0 Å². The van der Waals surface area contributed by atoms with Crippen LogP contribution in [-0.4, -0.2) is 5.11 Å². The largest absolute Gasteiger partial charge is 0.508 e. The number of nitrogens with two attached hydrogens (primary N) is 1. The van der Waals surface area contributed by atoms with Crippen LogP contribution >= 0.6 is 0 Å². The molecule has 0 heterocycles. The van der Waals surface area contributed by atoms with Gasteiger partial charge in [0.2, 0.25) is 0 Å². The molecule has 70 valence electrons. The lowest BCUT2D eigenvalue weighted by Gasteiger charge is -2.22. The van der Waals surface area contributed by atoms with Gasteiger partial charge in [-0.25, -0.2) is 0 Å². The number of rotatable bonds is 0. The molecule has 3 N–H and O–H groups in total. The van der Waals surface area contributed by atoms with Gasteiger partial charge in [-0.2, -0.15) is 0 Å². The molecule has 1 aliphatic carbocycles. The molecule has 0 saturated carbocycles. The number of aromatic hydroxyl groups is 1. The highest BCUT2D eigenvalue weighted by Gasteiger charge is 2.17. The summed E-state index contributed by atoms with van der Waals surface area (Å²) < 4.78 is 0. The molecule has 0 unspecified atom stereocenters. The van der Waals surface area contributed by atoms with E-state index >= 15 is 0 Å². The van der Waals surface area contributed by atoms with Gasteiger partial charge < -0.3 is 10.8 Å². The monoisotopic (exact) mass is 177 g/mol. The SMILES string of the molecule is Cc1cc2c(cc1O)[C@@H](N)CCC2. The van der Waals surface area contributed by atoms with Crippen LogP contribution in [0.4, 0.5) is 0 Å². The zero-order chi connectivity index (χ0) is 9.42. The van der Waals surface area contributed by atoms with Crippen molar-refractivity contribution < 1.29 is 5.11 Å². The fourth-order valence-corrected chi connectivity index (χ4v) is 2.00. The fourth-order valence-electron chi connectivity index (χ4n) is 2.00. The van der Waals surface area contributed by atoms with Crippen LogP contribution in [0.2, 0.25) is 0 Å². The third-order valence-corrected chi connectivity index (χ3v) is 2.82. The van der Waals surface area contributed by atoms with Crippen molar-refractivity contribution in [1.29, 1.82) is 0 Å². The number of hydrogen-bond donors (Lipinski definition) is 2. The molecule has 1 aliphatic rings. The summed E-state index contributed by atoms with van der Waals surface area (Å²) in [4.78, 5) is 0. The Morgan fingerprint density at radius 3 is 3.00 bits per heavy atom. The smallest absolute Gasteiger partial charge is 0.118 e. The quantitative estimate of drug-likeness (QED) is 0.637. The summed E-state index contributed by atoms with van der Waals surface area (Å²) in [6.45, 7) is 1.93. The second-order valence-corrected chi connectivity index (χ2v) is 3.84. The topological polar surface area (TPSA) is 46.2 Å². The maximum absolute atomic E-state index is 9.54. The van der Waals surface area contributed by atoms with Crippen LogP contribution in [0.15, 0.2) is 12.1 Å². The van der Waals surface area contributed by atoms with Crippen LogP contribution in [0.5, 0.6) is 5.75 Å². The number of phenolic OH excluding ortho intramolecular Hbond substituents is 1. The summed E-state index contributed by atoms with van der Waals surface area (Å²) in [6.07, 6.45) is 3.30. The van der Waals surface area contributed by atoms with Crippen LogP contribution in [0, 0.1) is 6.92 Å². The molecule has 1 aromatic carbocycles. The number of benzene rings is 1. The number of fused-ring (bicyclic) bond motifs is 1. The molecule has 0 saturated heterocycles. The van der Waals surface area contributed by atoms with Gasteiger partial charge in [0, 0.05) is 6.04 Å². The van der Waals surface area contributed by atoms with E-state index in [1.165, 1.54) is 12.0 Å². The van der Waals surface area contributed by atoms with Crippen molar-refractivity contribution in [3.63, 3.8) is 0 Å². The molecule has 13 heavy (non-hydrogen) atoms. The van der Waals surface area contributed by atoms with Gasteiger partial charge in [-0.3, -0.25) is 0 Å². The van der Waals surface area contributed by atoms with Crippen LogP contribution in [-0.2, 0) is 6.42 Å². The summed E-state index contributed by atoms with van der Waals surface area (Å²) in [5.74, 6) is 0.371. The predicted molar refractivity (Wildman–Crippen MR) is 52.7 cm³/mol. The molecule has 0 fully saturated rings. The minimum Gasteiger partial charge on any atom is -0.508 e. The Kier molecular flexibility index (Phi) is 2.00. The summed E-state index contributed by atoms with van der Waals surface area (Å²) in [5.41, 5.74) is 9.35. The Morgan fingerprint density at radius 2 is 2.23 bits per heavy atom. The van der Waals surface area contributed by atoms with Crippen molar-refractivity contribution in [2.45, 2.75) is 32.2 Å². The van der Waals surface area contributed by atoms with Gasteiger partial charge in [-0.15, -0.1) is 0 Å². The zero-order valence-corrected chi connectivity index (χ0v) is 7.88. The molecular weight excluding hydrogens is 162 g/mol. The van der Waals surface area contributed by atoms with E-state index in [0.717, 1.165) is 24.0 Å². The summed E-state index contributed by atoms with van der Waals surface area (Å²) in [5, 5.41) is 9.54. The molecule has 2 rings (SSSR count). The second-order valence-electron chi connectivity index (χ2n) is 3.84. The van der Waals surface area contributed by atoms with Crippen molar-refractivity contribution in [2.75, 3.05) is 0 Å². The van der Waals surface area contributed by atoms with Crippen molar-refractivity contribution >= 4 is 0 Å². The van der Waals surface area contributed by atoms with E-state index in [0.29, 0.717) is 5.75 Å². The molecule has 0 radical (unpaired) electrons. The molecule has 0 bridgehead atoms. The Balaban J connectivity index is 2.52. The first-order chi connectivity index (χ1) is 6.18. The maximum atomic E-state index is 9.54. The average Bonchev–Trinajstić information content (AvgIpc) is 2.09. The van der Waals surface area contributed by atoms with E-state index in [-0.39, 0.29) is 6.04 Å². The standard InChI is InChI=1S/C11H15NO/c1-7-5-8-3-2-4-10(12)9(8)6-11(7)13/h5-6,10,13H,2-4,12H2,1H3/t10-/m0/s1. The van der Waals surface area contributed by atoms with Gasteiger partial charge in [-0.05, 0) is 48.9 Å². The Labute approximate surface area is 78.4 Å². The average molecular weight is 177 g/mol. The lowest BCUT2D eigenvalue weighted by molar-refractivity contribution is 0.466. The van der Waals surface area contributed by atoms with E-state index in [1.54, 1.807) is 0 Å². The summed E-state index contributed by atoms with van der Waals surface area (Å²) >= 11 is 0. The normalized spacial score (nSPS) is 21.2. The molecule has 2 heteroatoms. The van der Waals surface area contributed by atoms with Crippen LogP contribution in [0.25, 0.3) is 0 Å². The van der Waals surface area contributed by atoms with Gasteiger partial charge in [0.25, 0.3) is 0 Å². The lowest BCUT2D eigenvalue weighted by atomic mass is 9.87. The van der Waals surface area contributed by atoms with Crippen LogP contribution < -0.4 is 5.73 Å². The maximum Gasteiger partial charge on any atom is 0.118 e. The van der Waals surface area contributed by atoms with Crippen LogP contribution in [0.3, 0.4) is 0 Å². The van der Waals surface area contributed by atoms with E-state index in [9.17, 15) is 5.11 Å². The highest BCUT2D eigenvalue weighted by Crippen LogP contribution is 2.32. The molecule has 1 atom stereocenters. The third kappa shape index (κ3) is 1.42. The number of aryl methyl sites for hydroxylation is 2. The molecule has 0 spiro atoms. The minimum absolute atomic E-state index is 0.121. The zero-order valence-electron chi connectivity index (χ0n) is 7.88. The van der Waals surface area contributed by atoms with Crippen molar-refractivity contribution in [1.82, 2.24) is 0 Å². The van der Waals surface area contributed by atoms with Crippen molar-refractivity contribution in [3.8, 4) is 5.75 Å². The molecular formula is C11H15NO. The van der Waals surface area contributed by atoms with Gasteiger partial charge in [0.1, 0.15) is 5.75 Å². The molecule has 2 nitrogen and oxygen atoms in total. The van der Waals surface area contributed by atoms with Crippen LogP contribution in [0.1, 0.15) is 35.6 Å². The van der Waals surface area contributed by atoms with Crippen molar-refractivity contribution in [3.05, 3.63) is 28.8 Å². The molecule has 1 aromatic rings. The third-order valence-electron chi connectivity index (χ3n) is 2.82. The lowest BCUT2D eigenvalue weighted by Crippen LogP contribution is -2.17. The number of hydrogen-bond acceptors (Lipinski definition) is 2. The van der Waals surface area contributed by atoms with Crippen molar-refractivity contribution in [2.24, 2.45) is 5.73 Å². The number of phenols is 1.